The van der Waals surface area contributed by atoms with Crippen molar-refractivity contribution in [2.24, 2.45) is 5.73 Å². The van der Waals surface area contributed by atoms with Crippen molar-refractivity contribution in [3.8, 4) is 0 Å². The van der Waals surface area contributed by atoms with Crippen LogP contribution in [0.3, 0.4) is 0 Å². The summed E-state index contributed by atoms with van der Waals surface area (Å²) in [6, 6.07) is -0.688. The fourth-order valence-corrected chi connectivity index (χ4v) is 4.71. The molecule has 1 saturated heterocycles. The number of hydrogen-bond donors (Lipinski definition) is 4. The molecule has 0 saturated carbocycles. The minimum atomic E-state index is -1.16. The van der Waals surface area contributed by atoms with E-state index < -0.39 is 30.5 Å². The highest BCUT2D eigenvalue weighted by Crippen LogP contribution is 2.23. The van der Waals surface area contributed by atoms with Crippen molar-refractivity contribution in [2.75, 3.05) is 26.9 Å². The normalized spacial score (nSPS) is 26.1. The summed E-state index contributed by atoms with van der Waals surface area (Å²) in [6.45, 7) is 3.19. The summed E-state index contributed by atoms with van der Waals surface area (Å²) in [7, 11) is 1.66. The molecule has 2 unspecified atom stereocenters. The minimum absolute atomic E-state index is 0.0704. The minimum Gasteiger partial charge on any atom is -0.394 e. The Kier molecular flexibility index (Phi) is 19.5. The van der Waals surface area contributed by atoms with E-state index in [9.17, 15) is 15.3 Å². The van der Waals surface area contributed by atoms with Gasteiger partial charge in [0.05, 0.1) is 31.5 Å². The lowest BCUT2D eigenvalue weighted by atomic mass is 9.91. The lowest BCUT2D eigenvalue weighted by Crippen LogP contribution is -2.61. The van der Waals surface area contributed by atoms with Crippen LogP contribution in [0.1, 0.15) is 110 Å². The third-order valence-corrected chi connectivity index (χ3v) is 7.14. The van der Waals surface area contributed by atoms with Crippen LogP contribution < -0.4 is 5.73 Å². The van der Waals surface area contributed by atoms with Gasteiger partial charge in [0.2, 0.25) is 0 Å². The summed E-state index contributed by atoms with van der Waals surface area (Å²) in [5, 5.41) is 29.3. The molecule has 0 aliphatic carbocycles. The van der Waals surface area contributed by atoms with Crippen molar-refractivity contribution in [3.63, 3.8) is 0 Å². The Hall–Kier alpha value is -0.280. The zero-order valence-electron chi connectivity index (χ0n) is 22.0. The molecule has 1 aliphatic heterocycles. The van der Waals surface area contributed by atoms with Gasteiger partial charge < -0.3 is 35.3 Å². The molecule has 1 fully saturated rings. The zero-order valence-corrected chi connectivity index (χ0v) is 22.0. The molecule has 34 heavy (non-hydrogen) atoms. The van der Waals surface area contributed by atoms with E-state index in [-0.39, 0.29) is 12.7 Å². The summed E-state index contributed by atoms with van der Waals surface area (Å²) in [5.74, 6) is 0. The summed E-state index contributed by atoms with van der Waals surface area (Å²) in [4.78, 5) is 0. The molecule has 0 bridgehead atoms. The maximum atomic E-state index is 10.1. The summed E-state index contributed by atoms with van der Waals surface area (Å²) in [5.41, 5.74) is 6.01. The van der Waals surface area contributed by atoms with Gasteiger partial charge in [-0.3, -0.25) is 0 Å². The molecule has 0 radical (unpaired) electrons. The summed E-state index contributed by atoms with van der Waals surface area (Å²) < 4.78 is 17.0. The largest absolute Gasteiger partial charge is 0.394 e. The number of rotatable bonds is 22. The van der Waals surface area contributed by atoms with Crippen LogP contribution in [0.25, 0.3) is 0 Å². The molecule has 0 amide bonds. The molecule has 0 aromatic carbocycles. The predicted molar refractivity (Wildman–Crippen MR) is 137 cm³/mol. The van der Waals surface area contributed by atoms with E-state index in [0.29, 0.717) is 19.4 Å². The van der Waals surface area contributed by atoms with Crippen LogP contribution in [0.4, 0.5) is 0 Å². The highest BCUT2D eigenvalue weighted by molar-refractivity contribution is 4.94. The SMILES string of the molecule is CCCCCCCCCCCCCCCCOC[C@H](CC[C@@H]1OC(CO)[C@@H](O)[C@H](O)C1N)OC. The van der Waals surface area contributed by atoms with Gasteiger partial charge in [0.15, 0.2) is 0 Å². The molecule has 6 atom stereocenters. The molecule has 0 spiro atoms. The van der Waals surface area contributed by atoms with Gasteiger partial charge in [-0.15, -0.1) is 0 Å². The van der Waals surface area contributed by atoms with Gasteiger partial charge in [0, 0.05) is 13.7 Å². The van der Waals surface area contributed by atoms with Crippen molar-refractivity contribution in [1.29, 1.82) is 0 Å². The first-order valence-electron chi connectivity index (χ1n) is 14.0. The van der Waals surface area contributed by atoms with Crippen molar-refractivity contribution in [1.82, 2.24) is 0 Å². The van der Waals surface area contributed by atoms with E-state index in [0.717, 1.165) is 13.0 Å². The van der Waals surface area contributed by atoms with Crippen LogP contribution in [-0.2, 0) is 14.2 Å². The Morgan fingerprint density at radius 2 is 1.32 bits per heavy atom. The highest BCUT2D eigenvalue weighted by Gasteiger charge is 2.42. The zero-order chi connectivity index (χ0) is 25.0. The molecule has 1 aliphatic rings. The molecule has 0 aromatic rings. The topological polar surface area (TPSA) is 114 Å². The molecule has 204 valence electrons. The smallest absolute Gasteiger partial charge is 0.110 e. The lowest BCUT2D eigenvalue weighted by Gasteiger charge is -2.41. The maximum Gasteiger partial charge on any atom is 0.110 e. The average Bonchev–Trinajstić information content (AvgIpc) is 2.85. The second kappa shape index (κ2) is 20.9. The van der Waals surface area contributed by atoms with Crippen LogP contribution in [-0.4, -0.2) is 78.8 Å². The van der Waals surface area contributed by atoms with Crippen LogP contribution in [0.15, 0.2) is 0 Å². The van der Waals surface area contributed by atoms with E-state index in [2.05, 4.69) is 6.92 Å². The van der Waals surface area contributed by atoms with E-state index in [1.54, 1.807) is 7.11 Å². The molecular formula is C27H55NO6. The van der Waals surface area contributed by atoms with E-state index >= 15 is 0 Å². The monoisotopic (exact) mass is 489 g/mol. The van der Waals surface area contributed by atoms with Gasteiger partial charge in [0.1, 0.15) is 18.3 Å². The van der Waals surface area contributed by atoms with Crippen molar-refractivity contribution in [2.45, 2.75) is 146 Å². The van der Waals surface area contributed by atoms with E-state index in [1.165, 1.54) is 83.5 Å². The maximum absolute atomic E-state index is 10.1. The standard InChI is InChI=1S/C27H55NO6/c1-3-4-5-6-7-8-9-10-11-12-13-14-15-16-19-33-21-22(32-2)17-18-23-25(28)27(31)26(30)24(20-29)34-23/h22-27,29-31H,3-21,28H2,1-2H3/t22-,23-,24?,25?,26+,27+/m0/s1. The first-order chi connectivity index (χ1) is 16.5. The number of hydrogen-bond acceptors (Lipinski definition) is 7. The fourth-order valence-electron chi connectivity index (χ4n) is 4.71. The van der Waals surface area contributed by atoms with Crippen LogP contribution >= 0.6 is 0 Å². The predicted octanol–water partition coefficient (Wildman–Crippen LogP) is 4.09. The molecular weight excluding hydrogens is 434 g/mol. The molecule has 7 heteroatoms. The quantitative estimate of drug-likeness (QED) is 0.169. The third-order valence-electron chi connectivity index (χ3n) is 7.14. The fraction of sp³-hybridized carbons (Fsp3) is 1.00. The van der Waals surface area contributed by atoms with Crippen LogP contribution in [0.2, 0.25) is 0 Å². The Morgan fingerprint density at radius 1 is 0.794 bits per heavy atom. The second-order valence-corrected chi connectivity index (χ2v) is 10.1. The number of methoxy groups -OCH3 is 1. The number of aliphatic hydroxyl groups is 3. The van der Waals surface area contributed by atoms with Crippen LogP contribution in [0.5, 0.6) is 0 Å². The molecule has 7 nitrogen and oxygen atoms in total. The van der Waals surface area contributed by atoms with Gasteiger partial charge in [-0.2, -0.15) is 0 Å². The van der Waals surface area contributed by atoms with Gasteiger partial charge in [-0.25, -0.2) is 0 Å². The molecule has 1 rings (SSSR count). The number of unbranched alkanes of at least 4 members (excludes halogenated alkanes) is 13. The van der Waals surface area contributed by atoms with Gasteiger partial charge in [-0.1, -0.05) is 90.4 Å². The molecule has 1 heterocycles. The van der Waals surface area contributed by atoms with Gasteiger partial charge in [-0.05, 0) is 19.3 Å². The summed E-state index contributed by atoms with van der Waals surface area (Å²) >= 11 is 0. The first-order valence-corrected chi connectivity index (χ1v) is 14.0. The number of aliphatic hydroxyl groups excluding tert-OH is 3. The van der Waals surface area contributed by atoms with Crippen molar-refractivity contribution >= 4 is 0 Å². The Bertz CT molecular complexity index is 453. The van der Waals surface area contributed by atoms with Gasteiger partial charge in [0.25, 0.3) is 0 Å². The molecule has 5 N–H and O–H groups in total. The Balaban J connectivity index is 1.97. The third kappa shape index (κ3) is 13.7. The van der Waals surface area contributed by atoms with E-state index in [1.807, 2.05) is 0 Å². The van der Waals surface area contributed by atoms with Crippen molar-refractivity contribution in [3.05, 3.63) is 0 Å². The second-order valence-electron chi connectivity index (χ2n) is 10.1. The number of ether oxygens (including phenoxy) is 3. The molecule has 0 aromatic heterocycles. The average molecular weight is 490 g/mol. The summed E-state index contributed by atoms with van der Waals surface area (Å²) in [6.07, 6.45) is 16.5. The Labute approximate surface area is 208 Å². The number of nitrogens with two attached hydrogens (primary N) is 1. The van der Waals surface area contributed by atoms with Crippen LogP contribution in [0, 0.1) is 0 Å². The van der Waals surface area contributed by atoms with Crippen molar-refractivity contribution < 1.29 is 29.5 Å². The van der Waals surface area contributed by atoms with Gasteiger partial charge >= 0.3 is 0 Å². The first kappa shape index (κ1) is 31.7. The van der Waals surface area contributed by atoms with E-state index in [4.69, 9.17) is 19.9 Å². The Morgan fingerprint density at radius 3 is 1.82 bits per heavy atom. The lowest BCUT2D eigenvalue weighted by molar-refractivity contribution is -0.191. The highest BCUT2D eigenvalue weighted by atomic mass is 16.5.